The number of amides is 2. The van der Waals surface area contributed by atoms with Crippen molar-refractivity contribution >= 4 is 17.4 Å². The van der Waals surface area contributed by atoms with Gasteiger partial charge in [0.15, 0.2) is 0 Å². The summed E-state index contributed by atoms with van der Waals surface area (Å²) in [7, 11) is 0. The predicted molar refractivity (Wildman–Crippen MR) is 117 cm³/mol. The number of benzene rings is 1. The van der Waals surface area contributed by atoms with Crippen LogP contribution in [0.5, 0.6) is 0 Å². The normalized spacial score (nSPS) is 16.4. The maximum Gasteiger partial charge on any atom is 0.315 e. The summed E-state index contributed by atoms with van der Waals surface area (Å²) < 4.78 is 5.43. The van der Waals surface area contributed by atoms with Crippen LogP contribution < -0.4 is 10.6 Å². The zero-order valence-corrected chi connectivity index (χ0v) is 18.6. The van der Waals surface area contributed by atoms with Gasteiger partial charge in [0.05, 0.1) is 24.9 Å². The molecule has 158 valence electrons. The van der Waals surface area contributed by atoms with E-state index in [9.17, 15) is 4.79 Å². The van der Waals surface area contributed by atoms with E-state index in [2.05, 4.69) is 59.9 Å². The van der Waals surface area contributed by atoms with Crippen LogP contribution in [-0.2, 0) is 23.2 Å². The number of carbonyl (C=O) groups excluding carboxylic acids is 1. The van der Waals surface area contributed by atoms with Crippen LogP contribution in [0.4, 0.5) is 4.79 Å². The predicted octanol–water partition coefficient (Wildman–Crippen LogP) is 3.83. The van der Waals surface area contributed by atoms with Crippen molar-refractivity contribution in [3.8, 4) is 0 Å². The molecule has 3 rings (SSSR count). The second-order valence-electron chi connectivity index (χ2n) is 8.53. The van der Waals surface area contributed by atoms with Gasteiger partial charge in [-0.2, -0.15) is 0 Å². The molecular formula is C22H32N4O2S. The second-order valence-corrected chi connectivity index (χ2v) is 9.42. The molecule has 2 heterocycles. The summed E-state index contributed by atoms with van der Waals surface area (Å²) in [6, 6.07) is 7.98. The number of morpholine rings is 1. The Morgan fingerprint density at radius 3 is 2.59 bits per heavy atom. The molecule has 1 aromatic carbocycles. The van der Waals surface area contributed by atoms with E-state index in [1.807, 2.05) is 13.0 Å². The molecule has 0 bridgehead atoms. The summed E-state index contributed by atoms with van der Waals surface area (Å²) in [5.74, 6) is 0. The van der Waals surface area contributed by atoms with E-state index >= 15 is 0 Å². The van der Waals surface area contributed by atoms with E-state index in [0.29, 0.717) is 6.54 Å². The molecule has 1 saturated heterocycles. The fraction of sp³-hybridized carbons (Fsp3) is 0.545. The van der Waals surface area contributed by atoms with Gasteiger partial charge in [-0.3, -0.25) is 4.90 Å². The average molecular weight is 417 g/mol. The van der Waals surface area contributed by atoms with E-state index in [1.54, 1.807) is 11.3 Å². The van der Waals surface area contributed by atoms with Gasteiger partial charge >= 0.3 is 6.03 Å². The van der Waals surface area contributed by atoms with Gasteiger partial charge in [-0.05, 0) is 18.1 Å². The smallest absolute Gasteiger partial charge is 0.315 e. The summed E-state index contributed by atoms with van der Waals surface area (Å²) in [5, 5.41) is 9.01. The quantitative estimate of drug-likeness (QED) is 0.751. The first-order valence-corrected chi connectivity index (χ1v) is 11.1. The summed E-state index contributed by atoms with van der Waals surface area (Å²) in [6.45, 7) is 13.3. The molecule has 1 atom stereocenters. The molecule has 7 heteroatoms. The van der Waals surface area contributed by atoms with Gasteiger partial charge in [-0.15, -0.1) is 11.3 Å². The minimum absolute atomic E-state index is 0.0148. The van der Waals surface area contributed by atoms with Gasteiger partial charge < -0.3 is 15.4 Å². The Morgan fingerprint density at radius 2 is 1.93 bits per heavy atom. The molecule has 2 N–H and O–H groups in total. The van der Waals surface area contributed by atoms with Crippen molar-refractivity contribution in [2.75, 3.05) is 26.3 Å². The fourth-order valence-corrected chi connectivity index (χ4v) is 4.25. The van der Waals surface area contributed by atoms with E-state index in [-0.39, 0.29) is 17.5 Å². The highest BCUT2D eigenvalue weighted by molar-refractivity contribution is 7.09. The standard InChI is InChI=1S/C22H32N4O2S/c1-16(20-25-19(15-29-20)22(2,3)4)24-21(27)23-13-17-7-5-6-8-18(17)14-26-9-11-28-12-10-26/h5-8,15-16H,9-14H2,1-4H3,(H2,23,24,27). The van der Waals surface area contributed by atoms with Crippen molar-refractivity contribution in [3.63, 3.8) is 0 Å². The molecule has 0 spiro atoms. The monoisotopic (exact) mass is 416 g/mol. The van der Waals surface area contributed by atoms with E-state index < -0.39 is 0 Å². The minimum Gasteiger partial charge on any atom is -0.379 e. The SMILES string of the molecule is CC(NC(=O)NCc1ccccc1CN1CCOCC1)c1nc(C(C)(C)C)cs1. The van der Waals surface area contributed by atoms with Gasteiger partial charge in [0, 0.05) is 37.0 Å². The molecule has 0 aliphatic carbocycles. The number of nitrogens with zero attached hydrogens (tertiary/aromatic N) is 2. The molecule has 2 amide bonds. The topological polar surface area (TPSA) is 66.5 Å². The van der Waals surface area contributed by atoms with Crippen LogP contribution in [0, 0.1) is 0 Å². The average Bonchev–Trinajstić information content (AvgIpc) is 3.19. The summed E-state index contributed by atoms with van der Waals surface area (Å²) in [5.41, 5.74) is 3.47. The van der Waals surface area contributed by atoms with Crippen molar-refractivity contribution in [1.82, 2.24) is 20.5 Å². The summed E-state index contributed by atoms with van der Waals surface area (Å²) in [4.78, 5) is 19.5. The zero-order valence-electron chi connectivity index (χ0n) is 17.8. The van der Waals surface area contributed by atoms with Crippen LogP contribution in [0.2, 0.25) is 0 Å². The minimum atomic E-state index is -0.175. The van der Waals surface area contributed by atoms with Crippen molar-refractivity contribution in [3.05, 3.63) is 51.5 Å². The summed E-state index contributed by atoms with van der Waals surface area (Å²) >= 11 is 1.59. The maximum atomic E-state index is 12.4. The Hall–Kier alpha value is -1.96. The highest BCUT2D eigenvalue weighted by Gasteiger charge is 2.20. The third kappa shape index (κ3) is 6.26. The summed E-state index contributed by atoms with van der Waals surface area (Å²) in [6.07, 6.45) is 0. The van der Waals surface area contributed by atoms with Gasteiger partial charge in [0.2, 0.25) is 0 Å². The number of ether oxygens (including phenoxy) is 1. The number of rotatable bonds is 6. The third-order valence-electron chi connectivity index (χ3n) is 5.06. The number of hydrogen-bond donors (Lipinski definition) is 2. The lowest BCUT2D eigenvalue weighted by molar-refractivity contribution is 0.0341. The molecule has 1 aliphatic heterocycles. The van der Waals surface area contributed by atoms with Crippen LogP contribution in [0.15, 0.2) is 29.6 Å². The first-order valence-electron chi connectivity index (χ1n) is 10.2. The van der Waals surface area contributed by atoms with E-state index in [1.165, 1.54) is 5.56 Å². The highest BCUT2D eigenvalue weighted by Crippen LogP contribution is 2.26. The molecule has 1 aliphatic rings. The maximum absolute atomic E-state index is 12.4. The number of hydrogen-bond acceptors (Lipinski definition) is 5. The number of nitrogens with one attached hydrogen (secondary N) is 2. The van der Waals surface area contributed by atoms with Crippen LogP contribution in [-0.4, -0.2) is 42.2 Å². The second kappa shape index (κ2) is 9.69. The molecule has 29 heavy (non-hydrogen) atoms. The van der Waals surface area contributed by atoms with Crippen LogP contribution in [0.25, 0.3) is 0 Å². The Labute approximate surface area is 177 Å². The van der Waals surface area contributed by atoms with E-state index in [0.717, 1.165) is 49.1 Å². The lowest BCUT2D eigenvalue weighted by Gasteiger charge is -2.27. The molecule has 1 unspecified atom stereocenters. The Balaban J connectivity index is 1.53. The third-order valence-corrected chi connectivity index (χ3v) is 6.09. The van der Waals surface area contributed by atoms with Crippen LogP contribution in [0.1, 0.15) is 55.6 Å². The van der Waals surface area contributed by atoms with Crippen molar-refractivity contribution in [1.29, 1.82) is 0 Å². The number of aromatic nitrogens is 1. The first-order chi connectivity index (χ1) is 13.8. The lowest BCUT2D eigenvalue weighted by Crippen LogP contribution is -2.37. The van der Waals surface area contributed by atoms with Crippen molar-refractivity contribution in [2.24, 2.45) is 0 Å². The van der Waals surface area contributed by atoms with Crippen LogP contribution >= 0.6 is 11.3 Å². The van der Waals surface area contributed by atoms with Crippen LogP contribution in [0.3, 0.4) is 0 Å². The fourth-order valence-electron chi connectivity index (χ4n) is 3.20. The molecule has 1 fully saturated rings. The molecule has 0 radical (unpaired) electrons. The zero-order chi connectivity index (χ0) is 20.9. The Bertz CT molecular complexity index is 809. The van der Waals surface area contributed by atoms with Gasteiger partial charge in [0.1, 0.15) is 5.01 Å². The molecule has 1 aromatic heterocycles. The van der Waals surface area contributed by atoms with Crippen molar-refractivity contribution < 1.29 is 9.53 Å². The Kier molecular flexibility index (Phi) is 7.27. The highest BCUT2D eigenvalue weighted by atomic mass is 32.1. The molecular weight excluding hydrogens is 384 g/mol. The molecule has 0 saturated carbocycles. The van der Waals surface area contributed by atoms with Gasteiger partial charge in [0.25, 0.3) is 0 Å². The largest absolute Gasteiger partial charge is 0.379 e. The van der Waals surface area contributed by atoms with Gasteiger partial charge in [-0.25, -0.2) is 9.78 Å². The molecule has 2 aromatic rings. The van der Waals surface area contributed by atoms with Crippen molar-refractivity contribution in [2.45, 2.75) is 52.2 Å². The molecule has 6 nitrogen and oxygen atoms in total. The number of thiazole rings is 1. The van der Waals surface area contributed by atoms with Gasteiger partial charge in [-0.1, -0.05) is 45.0 Å². The first kappa shape index (κ1) is 21.7. The van der Waals surface area contributed by atoms with E-state index in [4.69, 9.17) is 9.72 Å². The number of carbonyl (C=O) groups is 1. The lowest BCUT2D eigenvalue weighted by atomic mass is 9.93. The number of urea groups is 1. The Morgan fingerprint density at radius 1 is 1.24 bits per heavy atom.